The van der Waals surface area contributed by atoms with Crippen LogP contribution in [0.15, 0.2) is 18.2 Å². The number of halogens is 6. The molecule has 1 aliphatic carbocycles. The van der Waals surface area contributed by atoms with Gasteiger partial charge in [0.2, 0.25) is 5.91 Å². The Morgan fingerprint density at radius 1 is 1.10 bits per heavy atom. The summed E-state index contributed by atoms with van der Waals surface area (Å²) < 4.78 is 70.1. The second-order valence-corrected chi connectivity index (χ2v) is 9.11. The molecule has 9 heteroatoms. The predicted octanol–water partition coefficient (Wildman–Crippen LogP) is 5.09. The molecule has 166 valence electrons. The summed E-state index contributed by atoms with van der Waals surface area (Å²) in [5.41, 5.74) is -1.77. The molecule has 1 unspecified atom stereocenters. The molecule has 1 aromatic carbocycles. The van der Waals surface area contributed by atoms with Crippen molar-refractivity contribution in [3.63, 3.8) is 0 Å². The molecule has 1 saturated carbocycles. The van der Waals surface area contributed by atoms with E-state index >= 15 is 8.78 Å². The number of nitrogens with zero attached hydrogens (tertiary/aromatic N) is 1. The Morgan fingerprint density at radius 2 is 1.77 bits per heavy atom. The zero-order chi connectivity index (χ0) is 21.7. The molecule has 2 aliphatic heterocycles. The molecule has 2 saturated heterocycles. The Bertz CT molecular complexity index is 818. The second-order valence-electron chi connectivity index (χ2n) is 8.70. The number of carbonyl (C=O) groups excluding carboxylic acids is 1. The van der Waals surface area contributed by atoms with Crippen LogP contribution in [0, 0.1) is 11.3 Å². The Labute approximate surface area is 176 Å². The highest BCUT2D eigenvalue weighted by Crippen LogP contribution is 2.59. The third-order valence-electron chi connectivity index (χ3n) is 6.85. The predicted molar refractivity (Wildman–Crippen MR) is 103 cm³/mol. The fourth-order valence-electron chi connectivity index (χ4n) is 4.72. The van der Waals surface area contributed by atoms with Crippen molar-refractivity contribution in [3.05, 3.63) is 34.3 Å². The van der Waals surface area contributed by atoms with Crippen molar-refractivity contribution in [1.29, 1.82) is 0 Å². The molecule has 1 atom stereocenters. The number of hydrogen-bond acceptors (Lipinski definition) is 2. The first-order valence-electron chi connectivity index (χ1n) is 10.3. The maximum atomic E-state index is 15.2. The highest BCUT2D eigenvalue weighted by molar-refractivity contribution is 6.31. The first-order chi connectivity index (χ1) is 14.1. The van der Waals surface area contributed by atoms with Gasteiger partial charge in [0.15, 0.2) is 0 Å². The number of piperidine rings is 1. The van der Waals surface area contributed by atoms with Crippen molar-refractivity contribution in [3.8, 4) is 0 Å². The largest absolute Gasteiger partial charge is 0.403 e. The summed E-state index contributed by atoms with van der Waals surface area (Å²) >= 11 is 6.23. The third-order valence-corrected chi connectivity index (χ3v) is 7.17. The zero-order valence-corrected chi connectivity index (χ0v) is 17.1. The van der Waals surface area contributed by atoms with E-state index in [1.807, 2.05) is 0 Å². The van der Waals surface area contributed by atoms with Crippen LogP contribution in [0.5, 0.6) is 0 Å². The lowest BCUT2D eigenvalue weighted by Crippen LogP contribution is -2.43. The van der Waals surface area contributed by atoms with Crippen LogP contribution in [-0.4, -0.2) is 43.2 Å². The summed E-state index contributed by atoms with van der Waals surface area (Å²) in [5.74, 6) is -5.38. The smallest absolute Gasteiger partial charge is 0.341 e. The minimum atomic E-state index is -4.64. The first kappa shape index (κ1) is 21.8. The fraction of sp³-hybridized carbons (Fsp3) is 0.667. The summed E-state index contributed by atoms with van der Waals surface area (Å²) in [7, 11) is 0. The van der Waals surface area contributed by atoms with Crippen molar-refractivity contribution in [1.82, 2.24) is 10.2 Å². The molecule has 3 aliphatic rings. The van der Waals surface area contributed by atoms with Crippen molar-refractivity contribution in [2.24, 2.45) is 11.3 Å². The quantitative estimate of drug-likeness (QED) is 0.648. The van der Waals surface area contributed by atoms with Gasteiger partial charge in [-0.1, -0.05) is 23.7 Å². The molecule has 0 bridgehead atoms. The van der Waals surface area contributed by atoms with Gasteiger partial charge in [0, 0.05) is 24.6 Å². The first-order valence-corrected chi connectivity index (χ1v) is 10.7. The number of rotatable bonds is 4. The SMILES string of the molecule is O=C(N1CCC(C(F)(F)c2ccc(C3CCNCC3)cc2Cl)C1)C1(C(F)(F)F)CC1. The van der Waals surface area contributed by atoms with Gasteiger partial charge in [0.1, 0.15) is 5.41 Å². The van der Waals surface area contributed by atoms with Crippen molar-refractivity contribution >= 4 is 17.5 Å². The lowest BCUT2D eigenvalue weighted by Gasteiger charge is -2.28. The van der Waals surface area contributed by atoms with Crippen LogP contribution in [0.1, 0.15) is 49.1 Å². The lowest BCUT2D eigenvalue weighted by atomic mass is 9.87. The van der Waals surface area contributed by atoms with E-state index in [-0.39, 0.29) is 42.3 Å². The van der Waals surface area contributed by atoms with Gasteiger partial charge >= 0.3 is 6.18 Å². The number of amides is 1. The number of benzene rings is 1. The maximum Gasteiger partial charge on any atom is 0.403 e. The zero-order valence-electron chi connectivity index (χ0n) is 16.4. The summed E-state index contributed by atoms with van der Waals surface area (Å²) in [6.07, 6.45) is -3.41. The van der Waals surface area contributed by atoms with E-state index in [9.17, 15) is 18.0 Å². The van der Waals surface area contributed by atoms with Gasteiger partial charge < -0.3 is 10.2 Å². The number of carbonyl (C=O) groups is 1. The van der Waals surface area contributed by atoms with Crippen molar-refractivity contribution in [2.75, 3.05) is 26.2 Å². The van der Waals surface area contributed by atoms with E-state index in [0.29, 0.717) is 0 Å². The molecule has 0 aromatic heterocycles. The van der Waals surface area contributed by atoms with Crippen molar-refractivity contribution in [2.45, 2.75) is 50.1 Å². The van der Waals surface area contributed by atoms with Crippen LogP contribution in [0.25, 0.3) is 0 Å². The van der Waals surface area contributed by atoms with Gasteiger partial charge in [0.25, 0.3) is 5.92 Å². The van der Waals surface area contributed by atoms with E-state index in [1.54, 1.807) is 12.1 Å². The standard InChI is InChI=1S/C21H24ClF5N2O/c22-17-11-14(13-3-8-28-9-4-13)1-2-16(17)20(23,24)15-5-10-29(12-15)18(30)19(6-7-19)21(25,26)27/h1-2,11,13,15,28H,3-10,12H2. The molecule has 1 aromatic rings. The van der Waals surface area contributed by atoms with E-state index in [4.69, 9.17) is 11.6 Å². The Hall–Kier alpha value is -1.41. The molecule has 2 heterocycles. The number of nitrogens with one attached hydrogen (secondary N) is 1. The van der Waals surface area contributed by atoms with E-state index in [2.05, 4.69) is 5.32 Å². The third kappa shape index (κ3) is 3.70. The summed E-state index contributed by atoms with van der Waals surface area (Å²) in [4.78, 5) is 13.4. The normalized spacial score (nSPS) is 24.9. The number of likely N-dealkylation sites (tertiary alicyclic amines) is 1. The van der Waals surface area contributed by atoms with Crippen LogP contribution >= 0.6 is 11.6 Å². The van der Waals surface area contributed by atoms with Gasteiger partial charge in [-0.25, -0.2) is 8.78 Å². The maximum absolute atomic E-state index is 15.2. The monoisotopic (exact) mass is 450 g/mol. The molecule has 3 fully saturated rings. The summed E-state index contributed by atoms with van der Waals surface area (Å²) in [6.45, 7) is 1.24. The molecule has 30 heavy (non-hydrogen) atoms. The van der Waals surface area contributed by atoms with Crippen molar-refractivity contribution < 1.29 is 26.7 Å². The molecule has 4 rings (SSSR count). The van der Waals surface area contributed by atoms with Gasteiger partial charge in [-0.3, -0.25) is 4.79 Å². The molecule has 1 N–H and O–H groups in total. The van der Waals surface area contributed by atoms with Crippen LogP contribution in [0.3, 0.4) is 0 Å². The van der Waals surface area contributed by atoms with Gasteiger partial charge in [0.05, 0.1) is 5.02 Å². The minimum Gasteiger partial charge on any atom is -0.341 e. The molecular weight excluding hydrogens is 427 g/mol. The Balaban J connectivity index is 1.48. The Morgan fingerprint density at radius 3 is 2.33 bits per heavy atom. The summed E-state index contributed by atoms with van der Waals surface area (Å²) in [6, 6.07) is 4.59. The summed E-state index contributed by atoms with van der Waals surface area (Å²) in [5, 5.41) is 3.22. The number of alkyl halides is 5. The van der Waals surface area contributed by atoms with Crippen LogP contribution < -0.4 is 5.32 Å². The number of hydrogen-bond donors (Lipinski definition) is 1. The lowest BCUT2D eigenvalue weighted by molar-refractivity contribution is -0.198. The topological polar surface area (TPSA) is 32.3 Å². The van der Waals surface area contributed by atoms with Crippen LogP contribution in [0.4, 0.5) is 22.0 Å². The molecule has 0 radical (unpaired) electrons. The molecule has 1 amide bonds. The van der Waals surface area contributed by atoms with Gasteiger partial charge in [-0.2, -0.15) is 13.2 Å². The van der Waals surface area contributed by atoms with E-state index in [0.717, 1.165) is 36.4 Å². The van der Waals surface area contributed by atoms with E-state index in [1.165, 1.54) is 6.07 Å². The highest BCUT2D eigenvalue weighted by atomic mass is 35.5. The minimum absolute atomic E-state index is 0.0326. The Kier molecular flexibility index (Phi) is 5.54. The van der Waals surface area contributed by atoms with Gasteiger partial charge in [-0.05, 0) is 62.7 Å². The van der Waals surface area contributed by atoms with E-state index < -0.39 is 35.9 Å². The average molecular weight is 451 g/mol. The molecule has 3 nitrogen and oxygen atoms in total. The second kappa shape index (κ2) is 7.62. The fourth-order valence-corrected chi connectivity index (χ4v) is 5.03. The van der Waals surface area contributed by atoms with Gasteiger partial charge in [-0.15, -0.1) is 0 Å². The molecule has 0 spiro atoms. The average Bonchev–Trinajstić information content (AvgIpc) is 3.38. The van der Waals surface area contributed by atoms with Crippen LogP contribution in [-0.2, 0) is 10.7 Å². The van der Waals surface area contributed by atoms with Crippen LogP contribution in [0.2, 0.25) is 5.02 Å². The molecular formula is C21H24ClF5N2O. The highest BCUT2D eigenvalue weighted by Gasteiger charge is 2.69.